The van der Waals surface area contributed by atoms with Crippen molar-refractivity contribution in [2.75, 3.05) is 13.7 Å². The van der Waals surface area contributed by atoms with Crippen molar-refractivity contribution in [3.05, 3.63) is 52.5 Å². The fraction of sp³-hybridized carbons (Fsp3) is 0.263. The van der Waals surface area contributed by atoms with Crippen molar-refractivity contribution in [3.8, 4) is 17.1 Å². The Morgan fingerprint density at radius 1 is 1.24 bits per heavy atom. The van der Waals surface area contributed by atoms with Gasteiger partial charge in [-0.2, -0.15) is 4.98 Å². The molecule has 0 fully saturated rings. The fourth-order valence-corrected chi connectivity index (χ4v) is 3.17. The van der Waals surface area contributed by atoms with Crippen LogP contribution in [0.3, 0.4) is 0 Å². The van der Waals surface area contributed by atoms with Crippen LogP contribution in [0.25, 0.3) is 23.0 Å². The molecule has 0 amide bonds. The van der Waals surface area contributed by atoms with Crippen LogP contribution in [0.2, 0.25) is 0 Å². The van der Waals surface area contributed by atoms with Crippen LogP contribution >= 0.6 is 11.3 Å². The van der Waals surface area contributed by atoms with E-state index in [0.717, 1.165) is 42.7 Å². The van der Waals surface area contributed by atoms with E-state index in [0.29, 0.717) is 11.7 Å². The summed E-state index contributed by atoms with van der Waals surface area (Å²) in [7, 11) is 1.65. The molecule has 0 aliphatic heterocycles. The molecule has 0 atom stereocenters. The molecule has 130 valence electrons. The summed E-state index contributed by atoms with van der Waals surface area (Å²) < 4.78 is 10.7. The Bertz CT molecular complexity index is 808. The number of ether oxygens (including phenoxy) is 1. The molecule has 0 saturated carbocycles. The van der Waals surface area contributed by atoms with Crippen molar-refractivity contribution < 1.29 is 15.0 Å². The lowest BCUT2D eigenvalue weighted by Crippen LogP contribution is -2.50. The summed E-state index contributed by atoms with van der Waals surface area (Å²) in [6.07, 6.45) is 5.18. The van der Waals surface area contributed by atoms with Gasteiger partial charge in [-0.05, 0) is 61.1 Å². The van der Waals surface area contributed by atoms with Gasteiger partial charge in [-0.25, -0.2) is 0 Å². The van der Waals surface area contributed by atoms with E-state index in [1.165, 1.54) is 4.88 Å². The highest BCUT2D eigenvalue weighted by molar-refractivity contribution is 7.10. The highest BCUT2D eigenvalue weighted by atomic mass is 32.1. The summed E-state index contributed by atoms with van der Waals surface area (Å²) in [5.41, 5.74) is 5.89. The van der Waals surface area contributed by atoms with Gasteiger partial charge in [0, 0.05) is 16.0 Å². The summed E-state index contributed by atoms with van der Waals surface area (Å²) >= 11 is 1.70. The lowest BCUT2D eigenvalue weighted by molar-refractivity contribution is -0.368. The van der Waals surface area contributed by atoms with E-state index in [-0.39, 0.29) is 0 Å². The maximum Gasteiger partial charge on any atom is 0.254 e. The van der Waals surface area contributed by atoms with E-state index >= 15 is 0 Å². The van der Waals surface area contributed by atoms with Gasteiger partial charge in [-0.1, -0.05) is 11.2 Å². The van der Waals surface area contributed by atoms with Crippen LogP contribution in [0.5, 0.6) is 5.75 Å². The molecule has 0 unspecified atom stereocenters. The molecule has 0 radical (unpaired) electrons. The van der Waals surface area contributed by atoms with Gasteiger partial charge in [0.15, 0.2) is 0 Å². The number of benzene rings is 1. The van der Waals surface area contributed by atoms with E-state index in [1.807, 2.05) is 30.3 Å². The van der Waals surface area contributed by atoms with Crippen LogP contribution in [0.15, 0.2) is 46.3 Å². The number of thiophene rings is 1. The second-order valence-corrected chi connectivity index (χ2v) is 6.63. The highest BCUT2D eigenvalue weighted by Crippen LogP contribution is 2.27. The van der Waals surface area contributed by atoms with Crippen molar-refractivity contribution in [3.63, 3.8) is 0 Å². The van der Waals surface area contributed by atoms with Crippen LogP contribution < -0.4 is 10.5 Å². The van der Waals surface area contributed by atoms with Crippen LogP contribution in [0.4, 0.5) is 0 Å². The molecular weight excluding hydrogens is 334 g/mol. The molecule has 3 N–H and O–H groups in total. The number of allylic oxidation sites excluding steroid dienone is 1. The van der Waals surface area contributed by atoms with Crippen LogP contribution in [-0.2, 0) is 0 Å². The van der Waals surface area contributed by atoms with Gasteiger partial charge >= 0.3 is 0 Å². The predicted molar refractivity (Wildman–Crippen MR) is 100 cm³/mol. The van der Waals surface area contributed by atoms with Gasteiger partial charge in [-0.15, -0.1) is 11.3 Å². The van der Waals surface area contributed by atoms with E-state index in [9.17, 15) is 0 Å². The summed E-state index contributed by atoms with van der Waals surface area (Å²) in [6.45, 7) is 0.938. The molecular formula is C19H22N3O2S+. The Morgan fingerprint density at radius 3 is 2.76 bits per heavy atom. The average Bonchev–Trinajstić information content (AvgIpc) is 3.33. The Morgan fingerprint density at radius 2 is 2.08 bits per heavy atom. The van der Waals surface area contributed by atoms with Gasteiger partial charge in [-0.3, -0.25) is 0 Å². The Hall–Kier alpha value is -2.44. The minimum Gasteiger partial charge on any atom is -0.497 e. The SMILES string of the molecule is COc1ccc(-c2noc(/C(=C/c3cccs3)CCCC[NH3+])n2)cc1. The molecule has 3 rings (SSSR count). The van der Waals surface area contributed by atoms with E-state index in [1.54, 1.807) is 18.4 Å². The quantitative estimate of drug-likeness (QED) is 0.624. The zero-order valence-electron chi connectivity index (χ0n) is 14.3. The van der Waals surface area contributed by atoms with Crippen molar-refractivity contribution >= 4 is 23.0 Å². The molecule has 0 spiro atoms. The fourth-order valence-electron chi connectivity index (χ4n) is 2.49. The van der Waals surface area contributed by atoms with Gasteiger partial charge in [0.1, 0.15) is 5.75 Å². The molecule has 2 heterocycles. The number of unbranched alkanes of at least 4 members (excludes halogenated alkanes) is 1. The number of hydrogen-bond acceptors (Lipinski definition) is 5. The molecule has 0 aliphatic rings. The normalized spacial score (nSPS) is 11.7. The van der Waals surface area contributed by atoms with E-state index in [4.69, 9.17) is 9.26 Å². The summed E-state index contributed by atoms with van der Waals surface area (Å²) in [5, 5.41) is 6.21. The lowest BCUT2D eigenvalue weighted by atomic mass is 10.1. The molecule has 6 heteroatoms. The smallest absolute Gasteiger partial charge is 0.254 e. The molecule has 1 aromatic carbocycles. The van der Waals surface area contributed by atoms with Crippen molar-refractivity contribution in [1.29, 1.82) is 0 Å². The predicted octanol–water partition coefficient (Wildman–Crippen LogP) is 3.76. The van der Waals surface area contributed by atoms with Crippen molar-refractivity contribution in [2.45, 2.75) is 19.3 Å². The first kappa shape index (κ1) is 17.4. The average molecular weight is 356 g/mol. The Labute approximate surface area is 151 Å². The molecule has 0 bridgehead atoms. The van der Waals surface area contributed by atoms with Crippen LogP contribution in [-0.4, -0.2) is 23.8 Å². The maximum atomic E-state index is 5.55. The van der Waals surface area contributed by atoms with Crippen LogP contribution in [0, 0.1) is 0 Å². The van der Waals surface area contributed by atoms with Gasteiger partial charge in [0.2, 0.25) is 5.82 Å². The number of quaternary nitrogens is 1. The van der Waals surface area contributed by atoms with Crippen LogP contribution in [0.1, 0.15) is 30.0 Å². The highest BCUT2D eigenvalue weighted by Gasteiger charge is 2.13. The monoisotopic (exact) mass is 356 g/mol. The number of nitrogens with zero attached hydrogens (tertiary/aromatic N) is 2. The summed E-state index contributed by atoms with van der Waals surface area (Å²) in [5.74, 6) is 1.98. The van der Waals surface area contributed by atoms with E-state index < -0.39 is 0 Å². The summed E-state index contributed by atoms with van der Waals surface area (Å²) in [4.78, 5) is 5.79. The summed E-state index contributed by atoms with van der Waals surface area (Å²) in [6, 6.07) is 11.8. The first-order valence-electron chi connectivity index (χ1n) is 8.32. The third-order valence-corrected chi connectivity index (χ3v) is 4.67. The first-order chi connectivity index (χ1) is 12.3. The second kappa shape index (κ2) is 8.60. The zero-order valence-corrected chi connectivity index (χ0v) is 15.1. The third kappa shape index (κ3) is 4.55. The molecule has 25 heavy (non-hydrogen) atoms. The second-order valence-electron chi connectivity index (χ2n) is 5.65. The minimum absolute atomic E-state index is 0.586. The molecule has 3 aromatic rings. The first-order valence-corrected chi connectivity index (χ1v) is 9.20. The standard InChI is InChI=1S/C19H21N3O2S/c1-23-16-9-7-14(8-10-16)18-21-19(24-22-18)15(5-2-3-11-20)13-17-6-4-12-25-17/h4,6-10,12-13H,2-3,5,11,20H2,1H3/p+1/b15-13+. The molecule has 0 aliphatic carbocycles. The Kier molecular flexibility index (Phi) is 5.98. The van der Waals surface area contributed by atoms with Crippen molar-refractivity contribution in [1.82, 2.24) is 10.1 Å². The van der Waals surface area contributed by atoms with Crippen molar-refractivity contribution in [2.24, 2.45) is 0 Å². The molecule has 5 nitrogen and oxygen atoms in total. The minimum atomic E-state index is 0.586. The molecule has 2 aromatic heterocycles. The van der Waals surface area contributed by atoms with Gasteiger partial charge < -0.3 is 15.0 Å². The Balaban J connectivity index is 1.84. The molecule has 0 saturated heterocycles. The zero-order chi connectivity index (χ0) is 17.5. The largest absolute Gasteiger partial charge is 0.497 e. The van der Waals surface area contributed by atoms with E-state index in [2.05, 4.69) is 33.4 Å². The number of methoxy groups -OCH3 is 1. The lowest BCUT2D eigenvalue weighted by Gasteiger charge is -2.01. The number of hydrogen-bond donors (Lipinski definition) is 1. The number of rotatable bonds is 8. The topological polar surface area (TPSA) is 75.8 Å². The van der Waals surface area contributed by atoms with Gasteiger partial charge in [0.25, 0.3) is 5.89 Å². The maximum absolute atomic E-state index is 5.55. The van der Waals surface area contributed by atoms with Gasteiger partial charge in [0.05, 0.1) is 13.7 Å². The number of aromatic nitrogens is 2. The third-order valence-electron chi connectivity index (χ3n) is 3.85.